The molecule has 1 aliphatic heterocycles. The van der Waals surface area contributed by atoms with Crippen molar-refractivity contribution < 1.29 is 23.9 Å². The minimum atomic E-state index is -0.588. The van der Waals surface area contributed by atoms with Gasteiger partial charge in [0, 0.05) is 0 Å². The number of ether oxygens (including phenoxy) is 2. The Labute approximate surface area is 212 Å². The summed E-state index contributed by atoms with van der Waals surface area (Å²) < 4.78 is 10.1. The number of hydrogen-bond donors (Lipinski definition) is 0. The van der Waals surface area contributed by atoms with Gasteiger partial charge in [0.05, 0.1) is 25.5 Å². The first-order chi connectivity index (χ1) is 16.9. The molecule has 1 saturated carbocycles. The molecular weight excluding hydrogens is 442 g/mol. The Balaban J connectivity index is 0.000000417. The van der Waals surface area contributed by atoms with Gasteiger partial charge in [0.1, 0.15) is 6.61 Å². The highest BCUT2D eigenvalue weighted by molar-refractivity contribution is 5.95. The van der Waals surface area contributed by atoms with Crippen LogP contribution in [0.2, 0.25) is 0 Å². The van der Waals surface area contributed by atoms with E-state index in [0.717, 1.165) is 43.4 Å². The molecule has 35 heavy (non-hydrogen) atoms. The number of nitrogens with zero attached hydrogens (tertiary/aromatic N) is 1. The van der Waals surface area contributed by atoms with Crippen molar-refractivity contribution in [3.05, 3.63) is 35.9 Å². The molecule has 198 valence electrons. The second-order valence-electron chi connectivity index (χ2n) is 9.40. The minimum absolute atomic E-state index is 0.0665. The highest BCUT2D eigenvalue weighted by atomic mass is 16.6. The van der Waals surface area contributed by atoms with E-state index in [0.29, 0.717) is 6.61 Å². The van der Waals surface area contributed by atoms with Crippen LogP contribution in [0.15, 0.2) is 30.3 Å². The third kappa shape index (κ3) is 12.8. The molecule has 1 aromatic rings. The molecule has 1 atom stereocenters. The Kier molecular flexibility index (Phi) is 16.6. The van der Waals surface area contributed by atoms with Gasteiger partial charge in [0.15, 0.2) is 0 Å². The predicted octanol–water partition coefficient (Wildman–Crippen LogP) is 7.09. The SMILES string of the molecule is CCCCC.CCCCOC(=O)CC(C(=O)N1CCOC1=O)C1CCCCC1.Cc1ccccc1. The van der Waals surface area contributed by atoms with Gasteiger partial charge in [-0.3, -0.25) is 9.59 Å². The quantitative estimate of drug-likeness (QED) is 0.273. The van der Waals surface area contributed by atoms with Crippen molar-refractivity contribution in [1.29, 1.82) is 0 Å². The third-order valence-corrected chi connectivity index (χ3v) is 6.36. The van der Waals surface area contributed by atoms with Crippen LogP contribution >= 0.6 is 0 Å². The Hall–Kier alpha value is -2.37. The van der Waals surface area contributed by atoms with E-state index in [1.165, 1.54) is 31.2 Å². The van der Waals surface area contributed by atoms with E-state index < -0.39 is 12.0 Å². The molecule has 3 rings (SSSR count). The Morgan fingerprint density at radius 2 is 1.63 bits per heavy atom. The molecule has 6 nitrogen and oxygen atoms in total. The number of rotatable bonds is 9. The van der Waals surface area contributed by atoms with Crippen LogP contribution in [0, 0.1) is 18.8 Å². The lowest BCUT2D eigenvalue weighted by molar-refractivity contribution is -0.149. The van der Waals surface area contributed by atoms with Crippen molar-refractivity contribution >= 4 is 18.0 Å². The number of carbonyl (C=O) groups is 3. The number of esters is 1. The number of hydrogen-bond acceptors (Lipinski definition) is 5. The number of benzene rings is 1. The monoisotopic (exact) mass is 489 g/mol. The zero-order chi connectivity index (χ0) is 25.9. The van der Waals surface area contributed by atoms with Crippen LogP contribution in [0.3, 0.4) is 0 Å². The van der Waals surface area contributed by atoms with Gasteiger partial charge in [-0.2, -0.15) is 0 Å². The van der Waals surface area contributed by atoms with Crippen molar-refractivity contribution in [2.24, 2.45) is 11.8 Å². The normalized spacial score (nSPS) is 16.2. The van der Waals surface area contributed by atoms with Crippen molar-refractivity contribution in [3.8, 4) is 0 Å². The second kappa shape index (κ2) is 18.9. The summed E-state index contributed by atoms with van der Waals surface area (Å²) in [5, 5.41) is 0. The van der Waals surface area contributed by atoms with Gasteiger partial charge in [-0.15, -0.1) is 0 Å². The van der Waals surface area contributed by atoms with Gasteiger partial charge in [-0.25, -0.2) is 9.69 Å². The molecule has 6 heteroatoms. The van der Waals surface area contributed by atoms with Gasteiger partial charge < -0.3 is 9.47 Å². The molecule has 1 aromatic carbocycles. The molecule has 0 radical (unpaired) electrons. The van der Waals surface area contributed by atoms with Crippen LogP contribution in [0.25, 0.3) is 0 Å². The molecule has 1 aliphatic carbocycles. The molecule has 0 spiro atoms. The van der Waals surface area contributed by atoms with Crippen molar-refractivity contribution in [2.45, 2.75) is 98.3 Å². The van der Waals surface area contributed by atoms with Gasteiger partial charge >= 0.3 is 12.1 Å². The van der Waals surface area contributed by atoms with Crippen LogP contribution < -0.4 is 0 Å². The lowest BCUT2D eigenvalue weighted by Gasteiger charge is -2.30. The Morgan fingerprint density at radius 3 is 2.09 bits per heavy atom. The standard InChI is InChI=1S/C17H27NO5.C7H8.C5H12/c1-2-3-10-22-15(19)12-14(13-7-5-4-6-8-13)16(20)18-9-11-23-17(18)21;1-7-5-3-2-4-6-7;1-3-5-4-2/h13-14H,2-12H2,1H3;2-6H,1H3;3-5H2,1-2H3. The maximum Gasteiger partial charge on any atom is 0.416 e. The maximum atomic E-state index is 12.7. The molecule has 2 amide bonds. The fourth-order valence-electron chi connectivity index (χ4n) is 4.24. The highest BCUT2D eigenvalue weighted by Crippen LogP contribution is 2.33. The third-order valence-electron chi connectivity index (χ3n) is 6.36. The number of amides is 2. The fraction of sp³-hybridized carbons (Fsp3) is 0.690. The fourth-order valence-corrected chi connectivity index (χ4v) is 4.24. The zero-order valence-corrected chi connectivity index (χ0v) is 22.4. The summed E-state index contributed by atoms with van der Waals surface area (Å²) in [6, 6.07) is 10.3. The molecule has 1 unspecified atom stereocenters. The zero-order valence-electron chi connectivity index (χ0n) is 22.4. The van der Waals surface area contributed by atoms with Gasteiger partial charge in [0.2, 0.25) is 5.91 Å². The van der Waals surface area contributed by atoms with Gasteiger partial charge in [0.25, 0.3) is 0 Å². The van der Waals surface area contributed by atoms with E-state index in [-0.39, 0.29) is 37.4 Å². The lowest BCUT2D eigenvalue weighted by atomic mass is 9.78. The second-order valence-corrected chi connectivity index (χ2v) is 9.40. The van der Waals surface area contributed by atoms with Crippen molar-refractivity contribution in [2.75, 3.05) is 19.8 Å². The Bertz CT molecular complexity index is 713. The Morgan fingerprint density at radius 1 is 1.00 bits per heavy atom. The molecule has 0 N–H and O–H groups in total. The molecular formula is C29H47NO5. The summed E-state index contributed by atoms with van der Waals surface area (Å²) in [7, 11) is 0. The number of carbonyl (C=O) groups excluding carboxylic acids is 3. The molecule has 0 bridgehead atoms. The topological polar surface area (TPSA) is 72.9 Å². The number of imide groups is 1. The highest BCUT2D eigenvalue weighted by Gasteiger charge is 2.39. The smallest absolute Gasteiger partial charge is 0.416 e. The average molecular weight is 490 g/mol. The van der Waals surface area contributed by atoms with Crippen LogP contribution in [0.5, 0.6) is 0 Å². The predicted molar refractivity (Wildman–Crippen MR) is 140 cm³/mol. The lowest BCUT2D eigenvalue weighted by Crippen LogP contribution is -2.41. The summed E-state index contributed by atoms with van der Waals surface area (Å²) in [4.78, 5) is 37.6. The molecule has 0 aromatic heterocycles. The van der Waals surface area contributed by atoms with E-state index in [2.05, 4.69) is 32.9 Å². The first-order valence-corrected chi connectivity index (χ1v) is 13.6. The molecule has 2 fully saturated rings. The molecule has 1 saturated heterocycles. The van der Waals surface area contributed by atoms with E-state index >= 15 is 0 Å². The maximum absolute atomic E-state index is 12.7. The summed E-state index contributed by atoms with van der Waals surface area (Å²) in [5.74, 6) is -0.916. The summed E-state index contributed by atoms with van der Waals surface area (Å²) in [6.07, 6.45) is 10.5. The number of cyclic esters (lactones) is 1. The van der Waals surface area contributed by atoms with E-state index in [9.17, 15) is 14.4 Å². The van der Waals surface area contributed by atoms with Crippen LogP contribution in [-0.4, -0.2) is 42.6 Å². The summed E-state index contributed by atoms with van der Waals surface area (Å²) in [5.41, 5.74) is 1.32. The number of aryl methyl sites for hydroxylation is 1. The summed E-state index contributed by atoms with van der Waals surface area (Å²) in [6.45, 7) is 9.45. The average Bonchev–Trinajstić information content (AvgIpc) is 3.30. The van der Waals surface area contributed by atoms with Crippen LogP contribution in [0.4, 0.5) is 4.79 Å². The van der Waals surface area contributed by atoms with Crippen molar-refractivity contribution in [1.82, 2.24) is 4.90 Å². The first kappa shape index (κ1) is 30.7. The van der Waals surface area contributed by atoms with Crippen molar-refractivity contribution in [3.63, 3.8) is 0 Å². The molecule has 1 heterocycles. The minimum Gasteiger partial charge on any atom is -0.466 e. The molecule has 2 aliphatic rings. The van der Waals surface area contributed by atoms with Gasteiger partial charge in [-0.05, 0) is 32.1 Å². The summed E-state index contributed by atoms with van der Waals surface area (Å²) >= 11 is 0. The van der Waals surface area contributed by atoms with E-state index in [1.807, 2.05) is 25.1 Å². The number of unbranched alkanes of at least 4 members (excludes halogenated alkanes) is 3. The van der Waals surface area contributed by atoms with E-state index in [4.69, 9.17) is 9.47 Å². The van der Waals surface area contributed by atoms with Crippen LogP contribution in [-0.2, 0) is 19.1 Å². The largest absolute Gasteiger partial charge is 0.466 e. The van der Waals surface area contributed by atoms with Gasteiger partial charge in [-0.1, -0.05) is 102 Å². The van der Waals surface area contributed by atoms with E-state index in [1.54, 1.807) is 0 Å². The first-order valence-electron chi connectivity index (χ1n) is 13.6. The van der Waals surface area contributed by atoms with Crippen LogP contribution in [0.1, 0.15) is 97.0 Å².